The normalized spacial score (nSPS) is 18.8. The first-order valence-electron chi connectivity index (χ1n) is 7.16. The third kappa shape index (κ3) is 4.14. The predicted octanol–water partition coefficient (Wildman–Crippen LogP) is 0.972. The van der Waals surface area contributed by atoms with Crippen LogP contribution < -0.4 is 10.6 Å². The molecular weight excluding hydrogens is 238 g/mol. The smallest absolute Gasteiger partial charge is 0.225 e. The van der Waals surface area contributed by atoms with Crippen molar-refractivity contribution < 1.29 is 0 Å². The Morgan fingerprint density at radius 2 is 1.79 bits per heavy atom. The number of rotatable bonds is 5. The Bertz CT molecular complexity index is 359. The van der Waals surface area contributed by atoms with Crippen molar-refractivity contribution in [3.63, 3.8) is 0 Å². The van der Waals surface area contributed by atoms with E-state index in [9.17, 15) is 0 Å². The van der Waals surface area contributed by atoms with E-state index in [-0.39, 0.29) is 0 Å². The van der Waals surface area contributed by atoms with Crippen LogP contribution in [0.5, 0.6) is 0 Å². The molecule has 1 aromatic heterocycles. The lowest BCUT2D eigenvalue weighted by Gasteiger charge is -2.35. The maximum Gasteiger partial charge on any atom is 0.225 e. The number of aromatic nitrogens is 2. The molecule has 0 amide bonds. The third-order valence-corrected chi connectivity index (χ3v) is 3.84. The fraction of sp³-hybridized carbons (Fsp3) is 0.714. The first-order chi connectivity index (χ1) is 9.16. The molecule has 0 bridgehead atoms. The van der Waals surface area contributed by atoms with Gasteiger partial charge in [-0.2, -0.15) is 0 Å². The first-order valence-corrected chi connectivity index (χ1v) is 7.16. The van der Waals surface area contributed by atoms with Gasteiger partial charge in [0.2, 0.25) is 5.95 Å². The first kappa shape index (κ1) is 14.2. The molecule has 1 unspecified atom stereocenters. The van der Waals surface area contributed by atoms with Gasteiger partial charge in [-0.05, 0) is 24.9 Å². The van der Waals surface area contributed by atoms with E-state index in [1.165, 1.54) is 0 Å². The van der Waals surface area contributed by atoms with Crippen LogP contribution in [0.3, 0.4) is 0 Å². The monoisotopic (exact) mass is 263 g/mol. The van der Waals surface area contributed by atoms with Crippen molar-refractivity contribution in [2.75, 3.05) is 37.6 Å². The van der Waals surface area contributed by atoms with Crippen LogP contribution in [0.2, 0.25) is 0 Å². The van der Waals surface area contributed by atoms with Crippen LogP contribution in [0.25, 0.3) is 0 Å². The van der Waals surface area contributed by atoms with E-state index in [0.29, 0.717) is 12.0 Å². The van der Waals surface area contributed by atoms with Gasteiger partial charge < -0.3 is 10.6 Å². The molecule has 1 aromatic rings. The Labute approximate surface area is 115 Å². The Morgan fingerprint density at radius 1 is 1.16 bits per heavy atom. The Hall–Kier alpha value is -1.20. The SMILES string of the molecule is CC(C)C(N)CCN1CCN(c2ncccn2)CC1. The number of nitrogens with two attached hydrogens (primary N) is 1. The van der Waals surface area contributed by atoms with Crippen molar-refractivity contribution in [1.82, 2.24) is 14.9 Å². The van der Waals surface area contributed by atoms with Crippen LogP contribution in [0.15, 0.2) is 18.5 Å². The summed E-state index contributed by atoms with van der Waals surface area (Å²) in [7, 11) is 0. The van der Waals surface area contributed by atoms with Crippen LogP contribution in [0, 0.1) is 5.92 Å². The average Bonchev–Trinajstić information content (AvgIpc) is 2.46. The molecule has 1 aliphatic heterocycles. The molecule has 19 heavy (non-hydrogen) atoms. The molecule has 106 valence electrons. The number of piperazine rings is 1. The van der Waals surface area contributed by atoms with Gasteiger partial charge in [-0.3, -0.25) is 4.90 Å². The van der Waals surface area contributed by atoms with Crippen LogP contribution in [-0.4, -0.2) is 53.6 Å². The largest absolute Gasteiger partial charge is 0.338 e. The molecule has 2 heterocycles. The lowest BCUT2D eigenvalue weighted by Crippen LogP contribution is -2.48. The van der Waals surface area contributed by atoms with E-state index in [1.54, 1.807) is 12.4 Å². The highest BCUT2D eigenvalue weighted by atomic mass is 15.3. The zero-order chi connectivity index (χ0) is 13.7. The summed E-state index contributed by atoms with van der Waals surface area (Å²) in [6.45, 7) is 9.63. The van der Waals surface area contributed by atoms with Gasteiger partial charge in [-0.25, -0.2) is 9.97 Å². The number of anilines is 1. The van der Waals surface area contributed by atoms with Crippen LogP contribution in [-0.2, 0) is 0 Å². The summed E-state index contributed by atoms with van der Waals surface area (Å²) in [5.41, 5.74) is 6.09. The maximum absolute atomic E-state index is 6.09. The fourth-order valence-electron chi connectivity index (χ4n) is 2.29. The van der Waals surface area contributed by atoms with Gasteiger partial charge in [-0.1, -0.05) is 13.8 Å². The summed E-state index contributed by atoms with van der Waals surface area (Å²) in [4.78, 5) is 13.3. The molecule has 5 heteroatoms. The summed E-state index contributed by atoms with van der Waals surface area (Å²) in [5, 5.41) is 0. The predicted molar refractivity (Wildman–Crippen MR) is 78.1 cm³/mol. The van der Waals surface area contributed by atoms with Crippen molar-refractivity contribution in [3.8, 4) is 0 Å². The summed E-state index contributed by atoms with van der Waals surface area (Å²) in [6.07, 6.45) is 4.69. The zero-order valence-corrected chi connectivity index (χ0v) is 12.0. The summed E-state index contributed by atoms with van der Waals surface area (Å²) < 4.78 is 0. The lowest BCUT2D eigenvalue weighted by atomic mass is 10.0. The number of hydrogen-bond donors (Lipinski definition) is 1. The minimum Gasteiger partial charge on any atom is -0.338 e. The molecule has 1 saturated heterocycles. The second kappa shape index (κ2) is 6.82. The molecule has 1 fully saturated rings. The van der Waals surface area contributed by atoms with E-state index in [1.807, 2.05) is 6.07 Å². The Kier molecular flexibility index (Phi) is 5.10. The lowest BCUT2D eigenvalue weighted by molar-refractivity contribution is 0.240. The highest BCUT2D eigenvalue weighted by Gasteiger charge is 2.19. The molecule has 0 radical (unpaired) electrons. The van der Waals surface area contributed by atoms with Crippen LogP contribution >= 0.6 is 0 Å². The molecule has 0 saturated carbocycles. The van der Waals surface area contributed by atoms with Crippen molar-refractivity contribution in [1.29, 1.82) is 0 Å². The van der Waals surface area contributed by atoms with Gasteiger partial charge in [-0.15, -0.1) is 0 Å². The average molecular weight is 263 g/mol. The number of hydrogen-bond acceptors (Lipinski definition) is 5. The quantitative estimate of drug-likeness (QED) is 0.858. The molecule has 0 aromatic carbocycles. The third-order valence-electron chi connectivity index (χ3n) is 3.84. The van der Waals surface area contributed by atoms with Gasteiger partial charge in [0.05, 0.1) is 0 Å². The van der Waals surface area contributed by atoms with E-state index < -0.39 is 0 Å². The molecule has 5 nitrogen and oxygen atoms in total. The van der Waals surface area contributed by atoms with Gasteiger partial charge in [0.15, 0.2) is 0 Å². The molecule has 0 aliphatic carbocycles. The zero-order valence-electron chi connectivity index (χ0n) is 12.0. The van der Waals surface area contributed by atoms with Crippen molar-refractivity contribution in [2.45, 2.75) is 26.3 Å². The molecule has 1 aliphatic rings. The Balaban J connectivity index is 1.74. The minimum absolute atomic E-state index is 0.315. The molecular formula is C14H25N5. The second-order valence-electron chi connectivity index (χ2n) is 5.57. The Morgan fingerprint density at radius 3 is 2.37 bits per heavy atom. The highest BCUT2D eigenvalue weighted by Crippen LogP contribution is 2.11. The van der Waals surface area contributed by atoms with E-state index in [4.69, 9.17) is 5.73 Å². The summed E-state index contributed by atoms with van der Waals surface area (Å²) >= 11 is 0. The van der Waals surface area contributed by atoms with E-state index in [0.717, 1.165) is 45.1 Å². The standard InChI is InChI=1S/C14H25N5/c1-12(2)13(15)4-7-18-8-10-19(11-9-18)14-16-5-3-6-17-14/h3,5-6,12-13H,4,7-11,15H2,1-2H3. The van der Waals surface area contributed by atoms with Gasteiger partial charge in [0, 0.05) is 44.6 Å². The molecule has 2 rings (SSSR count). The minimum atomic E-state index is 0.315. The summed E-state index contributed by atoms with van der Waals surface area (Å²) in [5.74, 6) is 1.42. The van der Waals surface area contributed by atoms with Crippen LogP contribution in [0.4, 0.5) is 5.95 Å². The van der Waals surface area contributed by atoms with Gasteiger partial charge in [0.1, 0.15) is 0 Å². The van der Waals surface area contributed by atoms with Gasteiger partial charge >= 0.3 is 0 Å². The molecule has 0 spiro atoms. The fourth-order valence-corrected chi connectivity index (χ4v) is 2.29. The van der Waals surface area contributed by atoms with Crippen molar-refractivity contribution in [2.24, 2.45) is 11.7 Å². The number of nitrogens with zero attached hydrogens (tertiary/aromatic N) is 4. The van der Waals surface area contributed by atoms with Crippen molar-refractivity contribution >= 4 is 5.95 Å². The van der Waals surface area contributed by atoms with Crippen molar-refractivity contribution in [3.05, 3.63) is 18.5 Å². The molecule has 1 atom stereocenters. The topological polar surface area (TPSA) is 58.3 Å². The molecule has 2 N–H and O–H groups in total. The van der Waals surface area contributed by atoms with E-state index in [2.05, 4.69) is 33.6 Å². The highest BCUT2D eigenvalue weighted by molar-refractivity contribution is 5.29. The summed E-state index contributed by atoms with van der Waals surface area (Å²) in [6, 6.07) is 2.17. The second-order valence-corrected chi connectivity index (χ2v) is 5.57. The van der Waals surface area contributed by atoms with Gasteiger partial charge in [0.25, 0.3) is 0 Å². The maximum atomic E-state index is 6.09. The van der Waals surface area contributed by atoms with Crippen LogP contribution in [0.1, 0.15) is 20.3 Å². The van der Waals surface area contributed by atoms with E-state index >= 15 is 0 Å².